The van der Waals surface area contributed by atoms with Crippen molar-refractivity contribution in [1.82, 2.24) is 5.32 Å². The molecule has 1 unspecified atom stereocenters. The van der Waals surface area contributed by atoms with Gasteiger partial charge in [0.05, 0.1) is 6.61 Å². The number of nitrogens with two attached hydrogens (primary N) is 1. The summed E-state index contributed by atoms with van der Waals surface area (Å²) < 4.78 is 5.00. The first-order valence-corrected chi connectivity index (χ1v) is 6.94. The van der Waals surface area contributed by atoms with Crippen molar-refractivity contribution >= 4 is 17.7 Å². The molecule has 4 nitrogen and oxygen atoms in total. The zero-order valence-electron chi connectivity index (χ0n) is 10.8. The maximum absolute atomic E-state index is 11.8. The minimum Gasteiger partial charge on any atom is -0.384 e. The Labute approximate surface area is 112 Å². The SMILES string of the molecule is CNC(CSCCOC)(C(N)=O)c1ccccc1. The van der Waals surface area contributed by atoms with E-state index in [4.69, 9.17) is 10.5 Å². The second kappa shape index (κ2) is 7.41. The first-order chi connectivity index (χ1) is 8.67. The summed E-state index contributed by atoms with van der Waals surface area (Å²) in [5.41, 5.74) is 5.66. The van der Waals surface area contributed by atoms with E-state index in [9.17, 15) is 4.79 Å². The Morgan fingerprint density at radius 1 is 1.44 bits per heavy atom. The van der Waals surface area contributed by atoms with Crippen molar-refractivity contribution in [3.05, 3.63) is 35.9 Å². The number of likely N-dealkylation sites (N-methyl/N-ethyl adjacent to an activating group) is 1. The molecule has 1 aromatic carbocycles. The lowest BCUT2D eigenvalue weighted by atomic mass is 9.91. The van der Waals surface area contributed by atoms with Gasteiger partial charge in [-0.3, -0.25) is 4.79 Å². The lowest BCUT2D eigenvalue weighted by molar-refractivity contribution is -0.123. The van der Waals surface area contributed by atoms with Gasteiger partial charge in [0.2, 0.25) is 5.91 Å². The number of amides is 1. The van der Waals surface area contributed by atoms with Gasteiger partial charge in [-0.05, 0) is 12.6 Å². The van der Waals surface area contributed by atoms with Gasteiger partial charge in [-0.1, -0.05) is 30.3 Å². The van der Waals surface area contributed by atoms with E-state index in [2.05, 4.69) is 5.32 Å². The molecule has 0 saturated carbocycles. The number of primary amides is 1. The molecule has 0 saturated heterocycles. The van der Waals surface area contributed by atoms with Gasteiger partial charge in [0, 0.05) is 18.6 Å². The molecule has 5 heteroatoms. The highest BCUT2D eigenvalue weighted by Gasteiger charge is 2.36. The van der Waals surface area contributed by atoms with E-state index >= 15 is 0 Å². The van der Waals surface area contributed by atoms with Gasteiger partial charge in [0.15, 0.2) is 0 Å². The molecule has 1 amide bonds. The summed E-state index contributed by atoms with van der Waals surface area (Å²) in [6, 6.07) is 9.56. The molecule has 1 atom stereocenters. The van der Waals surface area contributed by atoms with E-state index in [-0.39, 0.29) is 5.91 Å². The van der Waals surface area contributed by atoms with Gasteiger partial charge >= 0.3 is 0 Å². The molecule has 0 aliphatic heterocycles. The van der Waals surface area contributed by atoms with Crippen LogP contribution in [0.4, 0.5) is 0 Å². The van der Waals surface area contributed by atoms with Crippen molar-refractivity contribution in [2.45, 2.75) is 5.54 Å². The lowest BCUT2D eigenvalue weighted by Gasteiger charge is -2.30. The number of methoxy groups -OCH3 is 1. The van der Waals surface area contributed by atoms with Gasteiger partial charge in [-0.2, -0.15) is 11.8 Å². The van der Waals surface area contributed by atoms with E-state index in [0.29, 0.717) is 12.4 Å². The van der Waals surface area contributed by atoms with E-state index < -0.39 is 5.54 Å². The second-order valence-corrected chi connectivity index (χ2v) is 5.04. The Bertz CT molecular complexity index is 373. The third-order valence-electron chi connectivity index (χ3n) is 2.86. The van der Waals surface area contributed by atoms with Crippen LogP contribution in [0.1, 0.15) is 5.56 Å². The Hall–Kier alpha value is -1.04. The summed E-state index contributed by atoms with van der Waals surface area (Å²) in [7, 11) is 3.42. The van der Waals surface area contributed by atoms with Gasteiger partial charge in [-0.15, -0.1) is 0 Å². The highest BCUT2D eigenvalue weighted by Crippen LogP contribution is 2.25. The number of hydrogen-bond donors (Lipinski definition) is 2. The third kappa shape index (κ3) is 3.48. The fraction of sp³-hybridized carbons (Fsp3) is 0.462. The van der Waals surface area contributed by atoms with Crippen LogP contribution in [0.2, 0.25) is 0 Å². The number of thioether (sulfide) groups is 1. The molecule has 100 valence electrons. The maximum atomic E-state index is 11.8. The molecular weight excluding hydrogens is 248 g/mol. The van der Waals surface area contributed by atoms with Crippen molar-refractivity contribution in [1.29, 1.82) is 0 Å². The fourth-order valence-electron chi connectivity index (χ4n) is 1.73. The highest BCUT2D eigenvalue weighted by atomic mass is 32.2. The monoisotopic (exact) mass is 268 g/mol. The minimum atomic E-state index is -0.820. The molecule has 0 heterocycles. The lowest BCUT2D eigenvalue weighted by Crippen LogP contribution is -2.53. The summed E-state index contributed by atoms with van der Waals surface area (Å²) in [6.07, 6.45) is 0. The molecule has 3 N–H and O–H groups in total. The molecule has 1 rings (SSSR count). The quantitative estimate of drug-likeness (QED) is 0.690. The normalized spacial score (nSPS) is 14.1. The Kier molecular flexibility index (Phi) is 6.18. The van der Waals surface area contributed by atoms with Crippen molar-refractivity contribution in [3.63, 3.8) is 0 Å². The number of carbonyl (C=O) groups is 1. The predicted molar refractivity (Wildman–Crippen MR) is 75.6 cm³/mol. The zero-order chi connectivity index (χ0) is 13.4. The van der Waals surface area contributed by atoms with Gasteiger partial charge in [0.25, 0.3) is 0 Å². The number of ether oxygens (including phenoxy) is 1. The summed E-state index contributed by atoms with van der Waals surface area (Å²) in [5, 5.41) is 3.07. The molecule has 0 aliphatic carbocycles. The van der Waals surface area contributed by atoms with Crippen LogP contribution < -0.4 is 11.1 Å². The van der Waals surface area contributed by atoms with Crippen LogP contribution in [-0.4, -0.2) is 38.2 Å². The highest BCUT2D eigenvalue weighted by molar-refractivity contribution is 7.99. The molecule has 1 aromatic rings. The van der Waals surface area contributed by atoms with Crippen molar-refractivity contribution in [3.8, 4) is 0 Å². The summed E-state index contributed by atoms with van der Waals surface area (Å²) in [6.45, 7) is 0.665. The van der Waals surface area contributed by atoms with Crippen LogP contribution in [0.25, 0.3) is 0 Å². The van der Waals surface area contributed by atoms with Gasteiger partial charge < -0.3 is 15.8 Å². The molecule has 0 radical (unpaired) electrons. The van der Waals surface area contributed by atoms with Crippen LogP contribution in [0, 0.1) is 0 Å². The molecule has 0 spiro atoms. The van der Waals surface area contributed by atoms with E-state index in [0.717, 1.165) is 11.3 Å². The fourth-order valence-corrected chi connectivity index (χ4v) is 2.91. The minimum absolute atomic E-state index is 0.360. The first kappa shape index (κ1) is 15.0. The number of hydrogen-bond acceptors (Lipinski definition) is 4. The van der Waals surface area contributed by atoms with Crippen molar-refractivity contribution < 1.29 is 9.53 Å². The molecule has 0 aromatic heterocycles. The van der Waals surface area contributed by atoms with Crippen LogP contribution >= 0.6 is 11.8 Å². The Morgan fingerprint density at radius 2 is 2.11 bits per heavy atom. The number of nitrogens with one attached hydrogen (secondary N) is 1. The van der Waals surface area contributed by atoms with Crippen LogP contribution in [0.3, 0.4) is 0 Å². The Balaban J connectivity index is 2.85. The first-order valence-electron chi connectivity index (χ1n) is 5.78. The van der Waals surface area contributed by atoms with E-state index in [1.54, 1.807) is 25.9 Å². The van der Waals surface area contributed by atoms with E-state index in [1.807, 2.05) is 30.3 Å². The van der Waals surface area contributed by atoms with Gasteiger partial charge in [0.1, 0.15) is 5.54 Å². The maximum Gasteiger partial charge on any atom is 0.243 e. The smallest absolute Gasteiger partial charge is 0.243 e. The molecule has 18 heavy (non-hydrogen) atoms. The van der Waals surface area contributed by atoms with E-state index in [1.165, 1.54) is 0 Å². The summed E-state index contributed by atoms with van der Waals surface area (Å²) in [5.74, 6) is 1.06. The third-order valence-corrected chi connectivity index (χ3v) is 3.96. The van der Waals surface area contributed by atoms with Gasteiger partial charge in [-0.25, -0.2) is 0 Å². The summed E-state index contributed by atoms with van der Waals surface area (Å²) in [4.78, 5) is 11.8. The molecule has 0 bridgehead atoms. The van der Waals surface area contributed by atoms with Crippen molar-refractivity contribution in [2.24, 2.45) is 5.73 Å². The molecular formula is C13H20N2O2S. The average molecular weight is 268 g/mol. The second-order valence-electron chi connectivity index (χ2n) is 3.93. The largest absolute Gasteiger partial charge is 0.384 e. The Morgan fingerprint density at radius 3 is 2.61 bits per heavy atom. The van der Waals surface area contributed by atoms with Crippen LogP contribution in [-0.2, 0) is 15.1 Å². The number of benzene rings is 1. The predicted octanol–water partition coefficient (Wildman–Crippen LogP) is 0.966. The van der Waals surface area contributed by atoms with Crippen LogP contribution in [0.15, 0.2) is 30.3 Å². The standard InChI is InChI=1S/C13H20N2O2S/c1-15-13(12(14)16,10-18-9-8-17-2)11-6-4-3-5-7-11/h3-7,15H,8-10H2,1-2H3,(H2,14,16). The molecule has 0 aliphatic rings. The summed E-state index contributed by atoms with van der Waals surface area (Å²) >= 11 is 1.64. The molecule has 0 fully saturated rings. The number of carbonyl (C=O) groups excluding carboxylic acids is 1. The van der Waals surface area contributed by atoms with Crippen LogP contribution in [0.5, 0.6) is 0 Å². The van der Waals surface area contributed by atoms with Crippen molar-refractivity contribution in [2.75, 3.05) is 32.3 Å². The average Bonchev–Trinajstić information content (AvgIpc) is 2.40. The zero-order valence-corrected chi connectivity index (χ0v) is 11.6. The topological polar surface area (TPSA) is 64.3 Å². The number of rotatable bonds is 8.